The Hall–Kier alpha value is -3.96. The van der Waals surface area contributed by atoms with Crippen LogP contribution in [0.2, 0.25) is 0 Å². The number of fused-ring (bicyclic) bond motifs is 5. The number of nitrogens with zero attached hydrogens (tertiary/aromatic N) is 2. The zero-order valence-corrected chi connectivity index (χ0v) is 21.5. The lowest BCUT2D eigenvalue weighted by Gasteiger charge is -2.40. The molecule has 1 atom stereocenters. The average Bonchev–Trinajstić information content (AvgIpc) is 3.46. The number of H-pyrrole nitrogens is 1. The van der Waals surface area contributed by atoms with E-state index >= 15 is 0 Å². The molecule has 2 aliphatic rings. The van der Waals surface area contributed by atoms with Crippen molar-refractivity contribution in [2.75, 3.05) is 13.1 Å². The van der Waals surface area contributed by atoms with Gasteiger partial charge in [-0.2, -0.15) is 0 Å². The molecule has 1 aliphatic carbocycles. The summed E-state index contributed by atoms with van der Waals surface area (Å²) < 4.78 is 0. The molecule has 5 nitrogen and oxygen atoms in total. The molecule has 5 aromatic rings. The summed E-state index contributed by atoms with van der Waals surface area (Å²) in [5.74, 6) is 0.0814. The van der Waals surface area contributed by atoms with Gasteiger partial charge in [-0.05, 0) is 78.9 Å². The van der Waals surface area contributed by atoms with Crippen LogP contribution in [0.1, 0.15) is 47.6 Å². The molecule has 0 radical (unpaired) electrons. The second-order valence-corrected chi connectivity index (χ2v) is 11.1. The molecule has 2 N–H and O–H groups in total. The lowest BCUT2D eigenvalue weighted by Crippen LogP contribution is -2.41. The van der Waals surface area contributed by atoms with E-state index in [9.17, 15) is 4.79 Å². The number of carbonyl (C=O) groups is 1. The van der Waals surface area contributed by atoms with Crippen LogP contribution in [0.4, 0.5) is 0 Å². The summed E-state index contributed by atoms with van der Waals surface area (Å²) in [6, 6.07) is 28.1. The molecule has 1 unspecified atom stereocenters. The second-order valence-electron chi connectivity index (χ2n) is 11.1. The maximum absolute atomic E-state index is 12.9. The maximum atomic E-state index is 12.9. The molecule has 0 bridgehead atoms. The van der Waals surface area contributed by atoms with E-state index in [4.69, 9.17) is 0 Å². The standard InChI is InChI=1S/C33H32N4O/c38-32(20-23-11-15-34-16-12-23)36-31-21-33(28-7-3-1-6-27(28)31)13-17-37(18-14-33)22-24-9-10-26-25-5-2-4-8-29(25)35-30(26)19-24/h1-12,15-16,19,31,35H,13-14,17-18,20-22H2,(H,36,38). The molecule has 38 heavy (non-hydrogen) atoms. The zero-order valence-electron chi connectivity index (χ0n) is 21.5. The van der Waals surface area contributed by atoms with Crippen molar-refractivity contribution in [3.8, 4) is 0 Å². The average molecular weight is 501 g/mol. The number of amides is 1. The van der Waals surface area contributed by atoms with Crippen molar-refractivity contribution in [2.24, 2.45) is 0 Å². The topological polar surface area (TPSA) is 61.0 Å². The van der Waals surface area contributed by atoms with Gasteiger partial charge in [0.05, 0.1) is 12.5 Å². The van der Waals surface area contributed by atoms with Crippen molar-refractivity contribution >= 4 is 27.7 Å². The van der Waals surface area contributed by atoms with Crippen molar-refractivity contribution in [1.29, 1.82) is 0 Å². The largest absolute Gasteiger partial charge is 0.355 e. The Bertz CT molecular complexity index is 1610. The van der Waals surface area contributed by atoms with Gasteiger partial charge in [0.25, 0.3) is 0 Å². The number of piperidine rings is 1. The highest BCUT2D eigenvalue weighted by atomic mass is 16.1. The monoisotopic (exact) mass is 500 g/mol. The van der Waals surface area contributed by atoms with E-state index in [-0.39, 0.29) is 17.4 Å². The fourth-order valence-corrected chi connectivity index (χ4v) is 6.83. The first-order chi connectivity index (χ1) is 18.7. The Kier molecular flexibility index (Phi) is 5.74. The maximum Gasteiger partial charge on any atom is 0.224 e. The smallest absolute Gasteiger partial charge is 0.224 e. The molecule has 1 saturated heterocycles. The normalized spacial score (nSPS) is 18.7. The first-order valence-corrected chi connectivity index (χ1v) is 13.7. The quantitative estimate of drug-likeness (QED) is 0.309. The number of benzene rings is 3. The van der Waals surface area contributed by atoms with Crippen molar-refractivity contribution in [1.82, 2.24) is 20.2 Å². The molecule has 3 heterocycles. The van der Waals surface area contributed by atoms with Crippen molar-refractivity contribution in [3.63, 3.8) is 0 Å². The van der Waals surface area contributed by atoms with E-state index in [1.165, 1.54) is 38.5 Å². The summed E-state index contributed by atoms with van der Waals surface area (Å²) in [5.41, 5.74) is 7.64. The Morgan fingerprint density at radius 1 is 0.895 bits per heavy atom. The minimum atomic E-state index is 0.0801. The van der Waals surface area contributed by atoms with Gasteiger partial charge in [-0.3, -0.25) is 14.7 Å². The van der Waals surface area contributed by atoms with Crippen LogP contribution in [0.3, 0.4) is 0 Å². The lowest BCUT2D eigenvalue weighted by molar-refractivity contribution is -0.121. The van der Waals surface area contributed by atoms with Crippen LogP contribution in [0, 0.1) is 0 Å². The summed E-state index contributed by atoms with van der Waals surface area (Å²) in [5, 5.41) is 5.94. The van der Waals surface area contributed by atoms with Gasteiger partial charge in [-0.1, -0.05) is 54.6 Å². The molecule has 1 fully saturated rings. The van der Waals surface area contributed by atoms with E-state index in [2.05, 4.69) is 86.9 Å². The lowest BCUT2D eigenvalue weighted by atomic mass is 9.73. The van der Waals surface area contributed by atoms with Gasteiger partial charge in [0.1, 0.15) is 0 Å². The van der Waals surface area contributed by atoms with Crippen LogP contribution >= 0.6 is 0 Å². The third-order valence-electron chi connectivity index (χ3n) is 8.74. The van der Waals surface area contributed by atoms with E-state index in [1.807, 2.05) is 12.1 Å². The fourth-order valence-electron chi connectivity index (χ4n) is 6.83. The van der Waals surface area contributed by atoms with E-state index in [0.717, 1.165) is 44.5 Å². The second kappa shape index (κ2) is 9.41. The number of likely N-dealkylation sites (tertiary alicyclic amines) is 1. The number of hydrogen-bond donors (Lipinski definition) is 2. The fraction of sp³-hybridized carbons (Fsp3) is 0.273. The minimum Gasteiger partial charge on any atom is -0.355 e. The predicted octanol–water partition coefficient (Wildman–Crippen LogP) is 6.05. The van der Waals surface area contributed by atoms with Gasteiger partial charge < -0.3 is 10.3 Å². The first-order valence-electron chi connectivity index (χ1n) is 13.7. The van der Waals surface area contributed by atoms with Crippen LogP contribution in [0.5, 0.6) is 0 Å². The number of pyridine rings is 1. The van der Waals surface area contributed by atoms with Gasteiger partial charge in [0.15, 0.2) is 0 Å². The summed E-state index contributed by atoms with van der Waals surface area (Å²) >= 11 is 0. The van der Waals surface area contributed by atoms with Crippen molar-refractivity contribution in [3.05, 3.63) is 114 Å². The molecule has 0 saturated carbocycles. The highest BCUT2D eigenvalue weighted by Gasteiger charge is 2.45. The SMILES string of the molecule is O=C(Cc1ccncc1)NC1CC2(CCN(Cc3ccc4c(c3)[nH]c3ccccc34)CC2)c2ccccc21. The predicted molar refractivity (Wildman–Crippen MR) is 152 cm³/mol. The van der Waals surface area contributed by atoms with Crippen LogP contribution in [0.15, 0.2) is 91.3 Å². The molecule has 190 valence electrons. The molecular formula is C33H32N4O. The molecule has 3 aromatic carbocycles. The third-order valence-corrected chi connectivity index (χ3v) is 8.74. The van der Waals surface area contributed by atoms with Gasteiger partial charge in [0, 0.05) is 46.2 Å². The molecule has 5 heteroatoms. The van der Waals surface area contributed by atoms with Crippen molar-refractivity contribution in [2.45, 2.75) is 43.7 Å². The molecule has 2 aromatic heterocycles. The summed E-state index contributed by atoms with van der Waals surface area (Å²) in [4.78, 5) is 23.1. The molecular weight excluding hydrogens is 468 g/mol. The van der Waals surface area contributed by atoms with Crippen LogP contribution in [0.25, 0.3) is 21.8 Å². The molecule has 1 aliphatic heterocycles. The van der Waals surface area contributed by atoms with Crippen LogP contribution < -0.4 is 5.32 Å². The summed E-state index contributed by atoms with van der Waals surface area (Å²) in [6.07, 6.45) is 7.11. The van der Waals surface area contributed by atoms with Gasteiger partial charge in [0.2, 0.25) is 5.91 Å². The first kappa shape index (κ1) is 23.2. The van der Waals surface area contributed by atoms with Crippen LogP contribution in [-0.4, -0.2) is 33.9 Å². The molecule has 7 rings (SSSR count). The van der Waals surface area contributed by atoms with Crippen molar-refractivity contribution < 1.29 is 4.79 Å². The zero-order chi connectivity index (χ0) is 25.5. The number of carbonyl (C=O) groups excluding carboxylic acids is 1. The summed E-state index contributed by atoms with van der Waals surface area (Å²) in [6.45, 7) is 3.10. The summed E-state index contributed by atoms with van der Waals surface area (Å²) in [7, 11) is 0. The highest BCUT2D eigenvalue weighted by molar-refractivity contribution is 6.07. The molecule has 1 amide bonds. The van der Waals surface area contributed by atoms with Gasteiger partial charge in [-0.25, -0.2) is 0 Å². The highest BCUT2D eigenvalue weighted by Crippen LogP contribution is 2.50. The number of aromatic amines is 1. The molecule has 1 spiro atoms. The van der Waals surface area contributed by atoms with E-state index in [0.29, 0.717) is 6.42 Å². The number of nitrogens with one attached hydrogen (secondary N) is 2. The van der Waals surface area contributed by atoms with Gasteiger partial charge >= 0.3 is 0 Å². The Morgan fingerprint density at radius 2 is 1.66 bits per heavy atom. The Balaban J connectivity index is 1.04. The third kappa shape index (κ3) is 4.17. The number of hydrogen-bond acceptors (Lipinski definition) is 3. The minimum absolute atomic E-state index is 0.0801. The number of aromatic nitrogens is 2. The Morgan fingerprint density at radius 3 is 2.53 bits per heavy atom. The van der Waals surface area contributed by atoms with Crippen LogP contribution in [-0.2, 0) is 23.2 Å². The number of rotatable bonds is 5. The van der Waals surface area contributed by atoms with E-state index in [1.54, 1.807) is 12.4 Å². The van der Waals surface area contributed by atoms with Gasteiger partial charge in [-0.15, -0.1) is 0 Å². The van der Waals surface area contributed by atoms with E-state index < -0.39 is 0 Å². The Labute approximate surface area is 222 Å². The number of para-hydroxylation sites is 1.